The number of urea groups is 1. The van der Waals surface area contributed by atoms with Crippen LogP contribution in [-0.4, -0.2) is 59.6 Å². The Hall–Kier alpha value is -1.60. The number of carbonyl (C=O) groups excluding carboxylic acids is 1. The lowest BCUT2D eigenvalue weighted by atomic mass is 10.0. The maximum absolute atomic E-state index is 12.2. The van der Waals surface area contributed by atoms with Crippen molar-refractivity contribution in [2.45, 2.75) is 38.6 Å². The van der Waals surface area contributed by atoms with E-state index < -0.39 is 0 Å². The predicted octanol–water partition coefficient (Wildman–Crippen LogP) is 1.60. The van der Waals surface area contributed by atoms with Gasteiger partial charge in [-0.25, -0.2) is 4.79 Å². The zero-order valence-corrected chi connectivity index (χ0v) is 14.8. The van der Waals surface area contributed by atoms with Crippen molar-refractivity contribution in [3.63, 3.8) is 0 Å². The monoisotopic (exact) mass is 335 g/mol. The van der Waals surface area contributed by atoms with Gasteiger partial charge in [0.15, 0.2) is 0 Å². The lowest BCUT2D eigenvalue weighted by Crippen LogP contribution is -2.47. The molecule has 1 aromatic rings. The fraction of sp³-hybridized carbons (Fsp3) is 0.765. The smallest absolute Gasteiger partial charge is 0.320 e. The van der Waals surface area contributed by atoms with Crippen LogP contribution in [0.2, 0.25) is 0 Å². The van der Waals surface area contributed by atoms with Gasteiger partial charge in [0.2, 0.25) is 0 Å². The van der Waals surface area contributed by atoms with Crippen LogP contribution < -0.4 is 10.6 Å². The molecule has 0 aliphatic carbocycles. The minimum absolute atomic E-state index is 0.136. The Morgan fingerprint density at radius 3 is 2.79 bits per heavy atom. The molecule has 7 nitrogen and oxygen atoms in total. The van der Waals surface area contributed by atoms with E-state index >= 15 is 0 Å². The molecule has 3 rings (SSSR count). The van der Waals surface area contributed by atoms with E-state index in [0.717, 1.165) is 63.6 Å². The fourth-order valence-corrected chi connectivity index (χ4v) is 3.51. The van der Waals surface area contributed by atoms with Crippen molar-refractivity contribution < 1.29 is 9.53 Å². The number of ether oxygens (including phenoxy) is 1. The number of piperidine rings is 1. The van der Waals surface area contributed by atoms with Crippen molar-refractivity contribution in [1.29, 1.82) is 0 Å². The van der Waals surface area contributed by atoms with Crippen LogP contribution in [0.25, 0.3) is 0 Å². The zero-order chi connectivity index (χ0) is 16.9. The highest BCUT2D eigenvalue weighted by atomic mass is 16.5. The number of likely N-dealkylation sites (tertiary alicyclic amines) is 1. The Labute approximate surface area is 143 Å². The van der Waals surface area contributed by atoms with Gasteiger partial charge in [0.1, 0.15) is 5.82 Å². The molecular formula is C17H29N5O2. The van der Waals surface area contributed by atoms with Crippen LogP contribution in [0.15, 0.2) is 6.07 Å². The molecule has 1 atom stereocenters. The third-order valence-corrected chi connectivity index (χ3v) is 5.00. The summed E-state index contributed by atoms with van der Waals surface area (Å²) < 4.78 is 7.16. The van der Waals surface area contributed by atoms with E-state index in [1.54, 1.807) is 4.68 Å². The van der Waals surface area contributed by atoms with E-state index in [2.05, 4.69) is 27.6 Å². The fourth-order valence-electron chi connectivity index (χ4n) is 3.51. The lowest BCUT2D eigenvalue weighted by Gasteiger charge is -2.33. The highest BCUT2D eigenvalue weighted by Crippen LogP contribution is 2.18. The van der Waals surface area contributed by atoms with Crippen LogP contribution >= 0.6 is 0 Å². The molecule has 2 amide bonds. The van der Waals surface area contributed by atoms with E-state index in [1.807, 2.05) is 13.1 Å². The van der Waals surface area contributed by atoms with Crippen molar-refractivity contribution in [3.05, 3.63) is 11.8 Å². The first-order chi connectivity index (χ1) is 11.6. The third-order valence-electron chi connectivity index (χ3n) is 5.00. The first-order valence-electron chi connectivity index (χ1n) is 9.04. The van der Waals surface area contributed by atoms with Gasteiger partial charge >= 0.3 is 6.03 Å². The van der Waals surface area contributed by atoms with E-state index in [0.29, 0.717) is 5.92 Å². The van der Waals surface area contributed by atoms with Gasteiger partial charge in [0, 0.05) is 45.4 Å². The zero-order valence-electron chi connectivity index (χ0n) is 14.8. The molecule has 0 bridgehead atoms. The second-order valence-electron chi connectivity index (χ2n) is 6.90. The van der Waals surface area contributed by atoms with Crippen LogP contribution in [0.4, 0.5) is 10.6 Å². The first-order valence-corrected chi connectivity index (χ1v) is 9.04. The quantitative estimate of drug-likeness (QED) is 0.857. The molecule has 2 saturated heterocycles. The molecule has 3 heterocycles. The maximum atomic E-state index is 12.2. The van der Waals surface area contributed by atoms with Crippen molar-refractivity contribution in [2.75, 3.05) is 38.2 Å². The number of anilines is 1. The topological polar surface area (TPSA) is 71.4 Å². The largest absolute Gasteiger partial charge is 0.381 e. The number of carbonyl (C=O) groups is 1. The lowest BCUT2D eigenvalue weighted by molar-refractivity contribution is 0.148. The summed E-state index contributed by atoms with van der Waals surface area (Å²) in [6, 6.07) is 2.04. The van der Waals surface area contributed by atoms with Gasteiger partial charge in [-0.2, -0.15) is 5.10 Å². The molecule has 2 fully saturated rings. The van der Waals surface area contributed by atoms with E-state index in [1.165, 1.54) is 6.42 Å². The Morgan fingerprint density at radius 2 is 2.17 bits per heavy atom. The second kappa shape index (κ2) is 7.98. The van der Waals surface area contributed by atoms with Crippen LogP contribution in [0.3, 0.4) is 0 Å². The summed E-state index contributed by atoms with van der Waals surface area (Å²) in [6.45, 7) is 7.10. The van der Waals surface area contributed by atoms with E-state index in [-0.39, 0.29) is 12.1 Å². The summed E-state index contributed by atoms with van der Waals surface area (Å²) >= 11 is 0. The van der Waals surface area contributed by atoms with E-state index in [4.69, 9.17) is 4.74 Å². The summed E-state index contributed by atoms with van der Waals surface area (Å²) in [4.78, 5) is 14.7. The SMILES string of the molecule is CCc1cc(NC(=O)NC2CCN(CC3CCOC3)CC2)n(C)n1. The predicted molar refractivity (Wildman–Crippen MR) is 93.1 cm³/mol. The molecule has 0 spiro atoms. The minimum atomic E-state index is -0.136. The molecule has 24 heavy (non-hydrogen) atoms. The van der Waals surface area contributed by atoms with Crippen LogP contribution in [0.1, 0.15) is 31.9 Å². The van der Waals surface area contributed by atoms with Crippen molar-refractivity contribution in [1.82, 2.24) is 20.0 Å². The number of hydrogen-bond donors (Lipinski definition) is 2. The molecule has 2 N–H and O–H groups in total. The molecular weight excluding hydrogens is 306 g/mol. The summed E-state index contributed by atoms with van der Waals surface area (Å²) in [6.07, 6.45) is 4.06. The van der Waals surface area contributed by atoms with Gasteiger partial charge in [-0.05, 0) is 31.6 Å². The Bertz CT molecular complexity index is 545. The summed E-state index contributed by atoms with van der Waals surface area (Å²) in [5.74, 6) is 1.43. The standard InChI is InChI=1S/C17H29N5O2/c1-3-14-10-16(21(2)20-14)19-17(23)18-15-4-7-22(8-5-15)11-13-6-9-24-12-13/h10,13,15H,3-9,11-12H2,1-2H3,(H2,18,19,23). The van der Waals surface area contributed by atoms with Crippen LogP contribution in [-0.2, 0) is 18.2 Å². The average molecular weight is 335 g/mol. The van der Waals surface area contributed by atoms with Gasteiger partial charge in [-0.3, -0.25) is 10.00 Å². The Balaban J connectivity index is 1.40. The third kappa shape index (κ3) is 4.48. The maximum Gasteiger partial charge on any atom is 0.320 e. The summed E-state index contributed by atoms with van der Waals surface area (Å²) in [7, 11) is 1.85. The molecule has 7 heteroatoms. The van der Waals surface area contributed by atoms with Gasteiger partial charge in [0.05, 0.1) is 12.3 Å². The first kappa shape index (κ1) is 17.2. The number of aryl methyl sites for hydroxylation is 2. The molecule has 1 aromatic heterocycles. The number of nitrogens with zero attached hydrogens (tertiary/aromatic N) is 3. The molecule has 2 aliphatic heterocycles. The normalized spacial score (nSPS) is 22.7. The highest BCUT2D eigenvalue weighted by Gasteiger charge is 2.24. The number of aromatic nitrogens is 2. The van der Waals surface area contributed by atoms with Crippen molar-refractivity contribution >= 4 is 11.8 Å². The van der Waals surface area contributed by atoms with Crippen LogP contribution in [0.5, 0.6) is 0 Å². The Kier molecular flexibility index (Phi) is 5.73. The van der Waals surface area contributed by atoms with Gasteiger partial charge in [0.25, 0.3) is 0 Å². The minimum Gasteiger partial charge on any atom is -0.381 e. The Morgan fingerprint density at radius 1 is 1.38 bits per heavy atom. The van der Waals surface area contributed by atoms with E-state index in [9.17, 15) is 4.79 Å². The molecule has 0 saturated carbocycles. The van der Waals surface area contributed by atoms with Crippen molar-refractivity contribution in [2.24, 2.45) is 13.0 Å². The highest BCUT2D eigenvalue weighted by molar-refractivity contribution is 5.88. The molecule has 134 valence electrons. The number of rotatable bonds is 5. The van der Waals surface area contributed by atoms with Crippen molar-refractivity contribution in [3.8, 4) is 0 Å². The summed E-state index contributed by atoms with van der Waals surface area (Å²) in [5, 5.41) is 10.3. The second-order valence-corrected chi connectivity index (χ2v) is 6.90. The molecule has 0 aromatic carbocycles. The number of hydrogen-bond acceptors (Lipinski definition) is 4. The van der Waals surface area contributed by atoms with Gasteiger partial charge in [-0.1, -0.05) is 6.92 Å². The van der Waals surface area contributed by atoms with Crippen LogP contribution in [0, 0.1) is 5.92 Å². The van der Waals surface area contributed by atoms with Gasteiger partial charge in [-0.15, -0.1) is 0 Å². The molecule has 1 unspecified atom stereocenters. The van der Waals surface area contributed by atoms with Gasteiger partial charge < -0.3 is 15.0 Å². The summed E-state index contributed by atoms with van der Waals surface area (Å²) in [5.41, 5.74) is 0.983. The molecule has 0 radical (unpaired) electrons. The average Bonchev–Trinajstić information content (AvgIpc) is 3.19. The number of amides is 2. The molecule has 2 aliphatic rings. The number of nitrogens with one attached hydrogen (secondary N) is 2.